The zero-order valence-electron chi connectivity index (χ0n) is 15.0. The van der Waals surface area contributed by atoms with E-state index in [4.69, 9.17) is 10.00 Å². The largest absolute Gasteiger partial charge is 0.497 e. The zero-order valence-corrected chi connectivity index (χ0v) is 15.0. The fourth-order valence-electron chi connectivity index (χ4n) is 3.22. The minimum atomic E-state index is -1.22. The van der Waals surface area contributed by atoms with E-state index in [9.17, 15) is 14.0 Å². The Balaban J connectivity index is 1.94. The molecule has 1 N–H and O–H groups in total. The first-order valence-electron chi connectivity index (χ1n) is 8.42. The van der Waals surface area contributed by atoms with Gasteiger partial charge < -0.3 is 10.1 Å². The Labute approximate surface area is 156 Å². The summed E-state index contributed by atoms with van der Waals surface area (Å²) in [6, 6.07) is 12.0. The molecule has 1 heterocycles. The molecule has 0 aliphatic carbocycles. The van der Waals surface area contributed by atoms with Gasteiger partial charge in [0, 0.05) is 5.56 Å². The van der Waals surface area contributed by atoms with E-state index in [0.717, 1.165) is 11.0 Å². The highest BCUT2D eigenvalue weighted by molar-refractivity contribution is 6.07. The van der Waals surface area contributed by atoms with Gasteiger partial charge in [0.25, 0.3) is 5.91 Å². The third-order valence-electron chi connectivity index (χ3n) is 4.79. The second kappa shape index (κ2) is 7.08. The van der Waals surface area contributed by atoms with Gasteiger partial charge in [-0.2, -0.15) is 5.26 Å². The quantitative estimate of drug-likeness (QED) is 0.824. The highest BCUT2D eigenvalue weighted by Gasteiger charge is 2.51. The van der Waals surface area contributed by atoms with Crippen LogP contribution in [0.1, 0.15) is 30.0 Å². The van der Waals surface area contributed by atoms with Gasteiger partial charge in [0.1, 0.15) is 17.1 Å². The first-order valence-corrected chi connectivity index (χ1v) is 8.42. The molecule has 0 aromatic heterocycles. The van der Waals surface area contributed by atoms with Gasteiger partial charge in [-0.25, -0.2) is 9.18 Å². The fraction of sp³-hybridized carbons (Fsp3) is 0.250. The van der Waals surface area contributed by atoms with Gasteiger partial charge in [0.05, 0.1) is 25.3 Å². The minimum absolute atomic E-state index is 0.110. The number of nitrogens with one attached hydrogen (secondary N) is 1. The molecular formula is C20H18FN3O3. The Kier molecular flexibility index (Phi) is 4.82. The second-order valence-electron chi connectivity index (χ2n) is 6.23. The van der Waals surface area contributed by atoms with Gasteiger partial charge in [-0.1, -0.05) is 19.1 Å². The Morgan fingerprint density at radius 3 is 2.52 bits per heavy atom. The molecule has 2 aromatic rings. The van der Waals surface area contributed by atoms with E-state index >= 15 is 0 Å². The highest BCUT2D eigenvalue weighted by atomic mass is 19.1. The summed E-state index contributed by atoms with van der Waals surface area (Å²) in [5.41, 5.74) is -0.223. The highest BCUT2D eigenvalue weighted by Crippen LogP contribution is 2.34. The molecule has 3 amide bonds. The summed E-state index contributed by atoms with van der Waals surface area (Å²) in [5, 5.41) is 11.7. The third kappa shape index (κ3) is 3.10. The number of nitriles is 1. The van der Waals surface area contributed by atoms with Crippen molar-refractivity contribution in [1.82, 2.24) is 10.2 Å². The Hall–Kier alpha value is -3.40. The Morgan fingerprint density at radius 1 is 1.22 bits per heavy atom. The molecule has 0 spiro atoms. The van der Waals surface area contributed by atoms with Crippen molar-refractivity contribution in [3.05, 3.63) is 65.0 Å². The number of nitrogens with zero attached hydrogens (tertiary/aromatic N) is 2. The van der Waals surface area contributed by atoms with Crippen molar-refractivity contribution in [2.75, 3.05) is 7.11 Å². The summed E-state index contributed by atoms with van der Waals surface area (Å²) < 4.78 is 19.2. The maximum absolute atomic E-state index is 14.1. The predicted octanol–water partition coefficient (Wildman–Crippen LogP) is 3.06. The summed E-state index contributed by atoms with van der Waals surface area (Å²) in [5.74, 6) is -0.399. The average molecular weight is 367 g/mol. The number of carbonyl (C=O) groups excluding carboxylic acids is 2. The molecule has 1 saturated heterocycles. The summed E-state index contributed by atoms with van der Waals surface area (Å²) in [6.45, 7) is 1.55. The molecular weight excluding hydrogens is 349 g/mol. The third-order valence-corrected chi connectivity index (χ3v) is 4.79. The Morgan fingerprint density at radius 2 is 1.93 bits per heavy atom. The first-order chi connectivity index (χ1) is 12.9. The monoisotopic (exact) mass is 367 g/mol. The number of hydrogen-bond acceptors (Lipinski definition) is 4. The lowest BCUT2D eigenvalue weighted by molar-refractivity contribution is -0.132. The molecule has 1 atom stereocenters. The van der Waals surface area contributed by atoms with Gasteiger partial charge in [-0.15, -0.1) is 0 Å². The number of imide groups is 1. The number of carbonyl (C=O) groups is 2. The van der Waals surface area contributed by atoms with Gasteiger partial charge in [-0.05, 0) is 42.3 Å². The van der Waals surface area contributed by atoms with E-state index in [2.05, 4.69) is 5.32 Å². The van der Waals surface area contributed by atoms with E-state index in [0.29, 0.717) is 17.7 Å². The van der Waals surface area contributed by atoms with Gasteiger partial charge >= 0.3 is 6.03 Å². The number of halogens is 1. The standard InChI is InChI=1S/C20H18FN3O3/c1-3-20(15-5-7-16(27-2)8-6-15)18(25)24(19(26)23-20)12-14-10-13(11-22)4-9-17(14)21/h4-10H,3,12H2,1-2H3,(H,23,26). The number of methoxy groups -OCH3 is 1. The van der Waals surface area contributed by atoms with E-state index in [1.807, 2.05) is 6.07 Å². The van der Waals surface area contributed by atoms with Crippen molar-refractivity contribution in [1.29, 1.82) is 5.26 Å². The Bertz CT molecular complexity index is 936. The number of benzene rings is 2. The molecule has 7 heteroatoms. The van der Waals surface area contributed by atoms with Crippen LogP contribution in [0.25, 0.3) is 0 Å². The SMILES string of the molecule is CCC1(c2ccc(OC)cc2)NC(=O)N(Cc2cc(C#N)ccc2F)C1=O. The predicted molar refractivity (Wildman–Crippen MR) is 95.2 cm³/mol. The summed E-state index contributed by atoms with van der Waals surface area (Å²) in [4.78, 5) is 26.6. The lowest BCUT2D eigenvalue weighted by atomic mass is 9.87. The van der Waals surface area contributed by atoms with E-state index in [1.165, 1.54) is 12.1 Å². The van der Waals surface area contributed by atoms with Crippen LogP contribution in [0.3, 0.4) is 0 Å². The number of ether oxygens (including phenoxy) is 1. The van der Waals surface area contributed by atoms with Crippen LogP contribution in [0.2, 0.25) is 0 Å². The van der Waals surface area contributed by atoms with Crippen LogP contribution in [-0.4, -0.2) is 23.9 Å². The van der Waals surface area contributed by atoms with Crippen molar-refractivity contribution in [2.45, 2.75) is 25.4 Å². The van der Waals surface area contributed by atoms with Gasteiger partial charge in [0.2, 0.25) is 0 Å². The van der Waals surface area contributed by atoms with Crippen molar-refractivity contribution in [3.63, 3.8) is 0 Å². The molecule has 0 saturated carbocycles. The first kappa shape index (κ1) is 18.4. The van der Waals surface area contributed by atoms with E-state index in [-0.39, 0.29) is 17.7 Å². The molecule has 6 nitrogen and oxygen atoms in total. The molecule has 1 aliphatic rings. The maximum Gasteiger partial charge on any atom is 0.325 e. The van der Waals surface area contributed by atoms with Crippen LogP contribution in [0.15, 0.2) is 42.5 Å². The lowest BCUT2D eigenvalue weighted by Gasteiger charge is -2.26. The van der Waals surface area contributed by atoms with Crippen LogP contribution in [0.5, 0.6) is 5.75 Å². The number of amides is 3. The number of rotatable bonds is 5. The summed E-state index contributed by atoms with van der Waals surface area (Å²) in [7, 11) is 1.54. The molecule has 1 aliphatic heterocycles. The van der Waals surface area contributed by atoms with Crippen LogP contribution >= 0.6 is 0 Å². The molecule has 2 aromatic carbocycles. The lowest BCUT2D eigenvalue weighted by Crippen LogP contribution is -2.43. The smallest absolute Gasteiger partial charge is 0.325 e. The molecule has 0 radical (unpaired) electrons. The average Bonchev–Trinajstić information content (AvgIpc) is 2.94. The van der Waals surface area contributed by atoms with Crippen molar-refractivity contribution < 1.29 is 18.7 Å². The molecule has 27 heavy (non-hydrogen) atoms. The summed E-state index contributed by atoms with van der Waals surface area (Å²) >= 11 is 0. The van der Waals surface area contributed by atoms with Gasteiger partial charge in [0.15, 0.2) is 0 Å². The van der Waals surface area contributed by atoms with Crippen molar-refractivity contribution in [2.24, 2.45) is 0 Å². The fourth-order valence-corrected chi connectivity index (χ4v) is 3.22. The normalized spacial score (nSPS) is 19.0. The van der Waals surface area contributed by atoms with Crippen LogP contribution in [0.4, 0.5) is 9.18 Å². The number of urea groups is 1. The topological polar surface area (TPSA) is 82.4 Å². The van der Waals surface area contributed by atoms with Gasteiger partial charge in [-0.3, -0.25) is 9.69 Å². The van der Waals surface area contributed by atoms with Crippen LogP contribution < -0.4 is 10.1 Å². The summed E-state index contributed by atoms with van der Waals surface area (Å²) in [6.07, 6.45) is 0.334. The molecule has 3 rings (SSSR count). The second-order valence-corrected chi connectivity index (χ2v) is 6.23. The minimum Gasteiger partial charge on any atom is -0.497 e. The van der Waals surface area contributed by atoms with Crippen molar-refractivity contribution in [3.8, 4) is 11.8 Å². The molecule has 138 valence electrons. The maximum atomic E-state index is 14.1. The van der Waals surface area contributed by atoms with Crippen LogP contribution in [0, 0.1) is 17.1 Å². The molecule has 1 unspecified atom stereocenters. The molecule has 0 bridgehead atoms. The van der Waals surface area contributed by atoms with Crippen molar-refractivity contribution >= 4 is 11.9 Å². The molecule has 1 fully saturated rings. The number of hydrogen-bond donors (Lipinski definition) is 1. The van der Waals surface area contributed by atoms with E-state index in [1.54, 1.807) is 38.3 Å². The van der Waals surface area contributed by atoms with E-state index < -0.39 is 23.3 Å². The zero-order chi connectivity index (χ0) is 19.6. The van der Waals surface area contributed by atoms with Crippen LogP contribution in [-0.2, 0) is 16.9 Å².